The third-order valence-electron chi connectivity index (χ3n) is 4.91. The minimum absolute atomic E-state index is 0.402. The average molecular weight is 322 g/mol. The molecule has 0 saturated carbocycles. The molecule has 1 saturated heterocycles. The van der Waals surface area contributed by atoms with E-state index in [9.17, 15) is 5.11 Å². The van der Waals surface area contributed by atoms with E-state index in [0.717, 1.165) is 43.0 Å². The van der Waals surface area contributed by atoms with Crippen LogP contribution in [-0.4, -0.2) is 37.0 Å². The molecule has 3 aromatic rings. The number of nitrogens with zero attached hydrogens (tertiary/aromatic N) is 4. The minimum Gasteiger partial charge on any atom is -0.388 e. The highest BCUT2D eigenvalue weighted by atomic mass is 16.3. The lowest BCUT2D eigenvalue weighted by atomic mass is 10.0. The van der Waals surface area contributed by atoms with Crippen molar-refractivity contribution in [3.05, 3.63) is 66.2 Å². The van der Waals surface area contributed by atoms with Crippen molar-refractivity contribution < 1.29 is 5.11 Å². The van der Waals surface area contributed by atoms with Gasteiger partial charge in [0.2, 0.25) is 5.78 Å². The van der Waals surface area contributed by atoms with Crippen LogP contribution in [0.15, 0.2) is 55.0 Å². The van der Waals surface area contributed by atoms with Crippen molar-refractivity contribution in [3.63, 3.8) is 0 Å². The van der Waals surface area contributed by atoms with E-state index < -0.39 is 6.10 Å². The van der Waals surface area contributed by atoms with Crippen molar-refractivity contribution in [1.82, 2.24) is 19.3 Å². The summed E-state index contributed by atoms with van der Waals surface area (Å²) in [6, 6.07) is 12.3. The Bertz CT molecular complexity index is 801. The van der Waals surface area contributed by atoms with Gasteiger partial charge in [-0.25, -0.2) is 9.97 Å². The van der Waals surface area contributed by atoms with Gasteiger partial charge in [-0.15, -0.1) is 0 Å². The Morgan fingerprint density at radius 1 is 1.17 bits per heavy atom. The first-order chi connectivity index (χ1) is 11.8. The maximum absolute atomic E-state index is 10.5. The van der Waals surface area contributed by atoms with Crippen molar-refractivity contribution in [2.45, 2.75) is 38.0 Å². The van der Waals surface area contributed by atoms with Gasteiger partial charge >= 0.3 is 0 Å². The van der Waals surface area contributed by atoms with E-state index in [-0.39, 0.29) is 0 Å². The molecule has 2 unspecified atom stereocenters. The lowest BCUT2D eigenvalue weighted by Gasteiger charge is -2.26. The summed E-state index contributed by atoms with van der Waals surface area (Å²) in [5.41, 5.74) is 2.16. The van der Waals surface area contributed by atoms with Gasteiger partial charge in [0.1, 0.15) is 0 Å². The topological polar surface area (TPSA) is 53.7 Å². The van der Waals surface area contributed by atoms with Crippen LogP contribution in [0.25, 0.3) is 5.78 Å². The molecule has 124 valence electrons. The van der Waals surface area contributed by atoms with E-state index in [4.69, 9.17) is 0 Å². The number of fused-ring (bicyclic) bond motifs is 1. The summed E-state index contributed by atoms with van der Waals surface area (Å²) >= 11 is 0. The van der Waals surface area contributed by atoms with Crippen LogP contribution in [0.3, 0.4) is 0 Å². The molecule has 1 aromatic carbocycles. The molecule has 24 heavy (non-hydrogen) atoms. The van der Waals surface area contributed by atoms with Crippen LogP contribution >= 0.6 is 0 Å². The molecular weight excluding hydrogens is 300 g/mol. The van der Waals surface area contributed by atoms with Crippen molar-refractivity contribution in [1.29, 1.82) is 0 Å². The second-order valence-corrected chi connectivity index (χ2v) is 6.47. The molecule has 0 aliphatic carbocycles. The van der Waals surface area contributed by atoms with Crippen LogP contribution < -0.4 is 0 Å². The molecule has 0 spiro atoms. The summed E-state index contributed by atoms with van der Waals surface area (Å²) in [4.78, 5) is 11.1. The number of hydrogen-bond donors (Lipinski definition) is 1. The van der Waals surface area contributed by atoms with Gasteiger partial charge in [-0.3, -0.25) is 9.30 Å². The lowest BCUT2D eigenvalue weighted by Crippen LogP contribution is -2.30. The number of benzene rings is 1. The fourth-order valence-corrected chi connectivity index (χ4v) is 3.64. The van der Waals surface area contributed by atoms with Gasteiger partial charge < -0.3 is 5.11 Å². The Morgan fingerprint density at radius 2 is 2.04 bits per heavy atom. The van der Waals surface area contributed by atoms with Gasteiger partial charge in [0.25, 0.3) is 0 Å². The zero-order valence-corrected chi connectivity index (χ0v) is 13.6. The molecule has 1 aliphatic heterocycles. The van der Waals surface area contributed by atoms with Gasteiger partial charge in [-0.1, -0.05) is 30.3 Å². The molecule has 1 N–H and O–H groups in total. The smallest absolute Gasteiger partial charge is 0.233 e. The largest absolute Gasteiger partial charge is 0.388 e. The third kappa shape index (κ3) is 3.05. The zero-order valence-electron chi connectivity index (χ0n) is 13.6. The number of aromatic nitrogens is 3. The van der Waals surface area contributed by atoms with Gasteiger partial charge in [-0.2, -0.15) is 0 Å². The zero-order chi connectivity index (χ0) is 16.4. The summed E-state index contributed by atoms with van der Waals surface area (Å²) < 4.78 is 2.04. The first-order valence-electron chi connectivity index (χ1n) is 8.55. The predicted octanol–water partition coefficient (Wildman–Crippen LogP) is 2.82. The molecule has 4 rings (SSSR count). The number of aliphatic hydroxyl groups is 1. The molecule has 2 atom stereocenters. The number of aliphatic hydroxyl groups excluding tert-OH is 1. The maximum atomic E-state index is 10.5. The maximum Gasteiger partial charge on any atom is 0.233 e. The Balaban J connectivity index is 1.47. The van der Waals surface area contributed by atoms with Gasteiger partial charge in [0.05, 0.1) is 18.0 Å². The quantitative estimate of drug-likeness (QED) is 0.785. The molecular formula is C19H22N4O. The van der Waals surface area contributed by atoms with E-state index in [1.807, 2.05) is 53.2 Å². The Hall–Kier alpha value is -2.24. The minimum atomic E-state index is -0.402. The van der Waals surface area contributed by atoms with Crippen LogP contribution in [0.5, 0.6) is 0 Å². The Kier molecular flexibility index (Phi) is 4.28. The Morgan fingerprint density at radius 3 is 2.92 bits per heavy atom. The van der Waals surface area contributed by atoms with Gasteiger partial charge in [-0.05, 0) is 37.4 Å². The van der Waals surface area contributed by atoms with E-state index >= 15 is 0 Å². The van der Waals surface area contributed by atoms with Crippen LogP contribution in [0.2, 0.25) is 0 Å². The van der Waals surface area contributed by atoms with Gasteiger partial charge in [0, 0.05) is 25.0 Å². The molecule has 5 nitrogen and oxygen atoms in total. The molecule has 1 aliphatic rings. The Labute approximate surface area is 141 Å². The van der Waals surface area contributed by atoms with E-state index in [2.05, 4.69) is 14.9 Å². The third-order valence-corrected chi connectivity index (χ3v) is 4.91. The summed E-state index contributed by atoms with van der Waals surface area (Å²) in [6.07, 6.45) is 8.38. The molecule has 5 heteroatoms. The average Bonchev–Trinajstić information content (AvgIpc) is 3.24. The van der Waals surface area contributed by atoms with Crippen molar-refractivity contribution in [2.75, 3.05) is 6.54 Å². The highest BCUT2D eigenvalue weighted by molar-refractivity contribution is 5.30. The number of rotatable bonds is 5. The van der Waals surface area contributed by atoms with Gasteiger partial charge in [0.15, 0.2) is 0 Å². The first kappa shape index (κ1) is 15.3. The number of hydrogen-bond acceptors (Lipinski definition) is 4. The molecule has 3 heterocycles. The van der Waals surface area contributed by atoms with Crippen LogP contribution in [-0.2, 0) is 6.54 Å². The first-order valence-corrected chi connectivity index (χ1v) is 8.55. The summed E-state index contributed by atoms with van der Waals surface area (Å²) in [7, 11) is 0. The highest BCUT2D eigenvalue weighted by Crippen LogP contribution is 2.28. The molecule has 0 amide bonds. The molecule has 0 bridgehead atoms. The SMILES string of the molecule is OC(CC1CCCN1Cc1cnc2ncccn12)c1ccccc1. The number of imidazole rings is 1. The molecule has 2 aromatic heterocycles. The second-order valence-electron chi connectivity index (χ2n) is 6.47. The van der Waals surface area contributed by atoms with Crippen LogP contribution in [0.4, 0.5) is 0 Å². The monoisotopic (exact) mass is 322 g/mol. The van der Waals surface area contributed by atoms with E-state index in [1.54, 1.807) is 6.20 Å². The van der Waals surface area contributed by atoms with Crippen LogP contribution in [0.1, 0.15) is 36.6 Å². The van der Waals surface area contributed by atoms with Crippen molar-refractivity contribution in [3.8, 4) is 0 Å². The number of likely N-dealkylation sites (tertiary alicyclic amines) is 1. The summed E-state index contributed by atoms with van der Waals surface area (Å²) in [6.45, 7) is 1.92. The van der Waals surface area contributed by atoms with E-state index in [1.165, 1.54) is 6.42 Å². The van der Waals surface area contributed by atoms with Crippen molar-refractivity contribution in [2.24, 2.45) is 0 Å². The predicted molar refractivity (Wildman–Crippen MR) is 92.4 cm³/mol. The van der Waals surface area contributed by atoms with Crippen molar-refractivity contribution >= 4 is 5.78 Å². The fraction of sp³-hybridized carbons (Fsp3) is 0.368. The highest BCUT2D eigenvalue weighted by Gasteiger charge is 2.27. The standard InChI is InChI=1S/C19H22N4O/c24-18(15-6-2-1-3-7-15)12-16-8-4-10-22(16)14-17-13-21-19-20-9-5-11-23(17)19/h1-3,5-7,9,11,13,16,18,24H,4,8,10,12,14H2. The molecule has 0 radical (unpaired) electrons. The van der Waals surface area contributed by atoms with Crippen LogP contribution in [0, 0.1) is 0 Å². The fourth-order valence-electron chi connectivity index (χ4n) is 3.64. The summed E-state index contributed by atoms with van der Waals surface area (Å²) in [5, 5.41) is 10.5. The normalized spacial score (nSPS) is 19.8. The summed E-state index contributed by atoms with van der Waals surface area (Å²) in [5.74, 6) is 0.743. The molecule has 1 fully saturated rings. The second kappa shape index (κ2) is 6.71. The van der Waals surface area contributed by atoms with E-state index in [0.29, 0.717) is 6.04 Å². The lowest BCUT2D eigenvalue weighted by molar-refractivity contribution is 0.117.